The van der Waals surface area contributed by atoms with Crippen LogP contribution in [0.15, 0.2) is 11.4 Å². The smallest absolute Gasteiger partial charge is 0.142 e. The van der Waals surface area contributed by atoms with Gasteiger partial charge in [0.25, 0.3) is 0 Å². The fourth-order valence-electron chi connectivity index (χ4n) is 0.717. The first-order valence-electron chi connectivity index (χ1n) is 2.99. The predicted octanol–water partition coefficient (Wildman–Crippen LogP) is 1.45. The zero-order valence-electron chi connectivity index (χ0n) is 5.35. The van der Waals surface area contributed by atoms with Crippen molar-refractivity contribution in [3.63, 3.8) is 0 Å². The zero-order chi connectivity index (χ0) is 7.40. The van der Waals surface area contributed by atoms with Crippen molar-refractivity contribution in [2.24, 2.45) is 0 Å². The number of hydrogen-bond donors (Lipinski definition) is 0. The van der Waals surface area contributed by atoms with Gasteiger partial charge in [-0.3, -0.25) is 0 Å². The van der Waals surface area contributed by atoms with E-state index in [1.807, 2.05) is 0 Å². The predicted molar refractivity (Wildman–Crippen MR) is 35.6 cm³/mol. The Hall–Kier alpha value is -0.120. The Balaban J connectivity index is 2.39. The first-order valence-corrected chi connectivity index (χ1v) is 3.43. The van der Waals surface area contributed by atoms with Crippen LogP contribution in [0, 0.1) is 0 Å². The molecule has 1 rings (SSSR count). The summed E-state index contributed by atoms with van der Waals surface area (Å²) in [5, 5.41) is 0. The summed E-state index contributed by atoms with van der Waals surface area (Å²) in [6.45, 7) is 1.23. The highest BCUT2D eigenvalue weighted by Crippen LogP contribution is 2.12. The molecule has 4 heteroatoms. The molecule has 1 heterocycles. The highest BCUT2D eigenvalue weighted by atomic mass is 35.5. The van der Waals surface area contributed by atoms with Gasteiger partial charge in [-0.15, -0.1) is 0 Å². The molecule has 1 aliphatic heterocycles. The Morgan fingerprint density at radius 2 is 2.40 bits per heavy atom. The third-order valence-electron chi connectivity index (χ3n) is 1.23. The van der Waals surface area contributed by atoms with Crippen LogP contribution in [-0.4, -0.2) is 25.9 Å². The summed E-state index contributed by atoms with van der Waals surface area (Å²) in [4.78, 5) is 0. The Bertz CT molecular complexity index is 132. The van der Waals surface area contributed by atoms with Crippen molar-refractivity contribution < 1.29 is 13.9 Å². The molecule has 0 bridgehead atoms. The number of hydrogen-bond acceptors (Lipinski definition) is 2. The van der Waals surface area contributed by atoms with Gasteiger partial charge >= 0.3 is 0 Å². The van der Waals surface area contributed by atoms with E-state index in [-0.39, 0.29) is 6.61 Å². The molecule has 1 fully saturated rings. The largest absolute Gasteiger partial charge is 0.376 e. The molecule has 0 aromatic carbocycles. The van der Waals surface area contributed by atoms with Gasteiger partial charge in [0.15, 0.2) is 0 Å². The van der Waals surface area contributed by atoms with E-state index in [4.69, 9.17) is 21.1 Å². The summed E-state index contributed by atoms with van der Waals surface area (Å²) in [5.41, 5.74) is 0.874. The quantitative estimate of drug-likeness (QED) is 0.587. The van der Waals surface area contributed by atoms with Gasteiger partial charge in [0.1, 0.15) is 11.9 Å². The van der Waals surface area contributed by atoms with Gasteiger partial charge in [-0.1, -0.05) is 11.6 Å². The number of rotatable bonds is 1. The minimum absolute atomic E-state index is 0.259. The minimum atomic E-state index is -0.591. The maximum Gasteiger partial charge on any atom is 0.142 e. The third kappa shape index (κ3) is 1.94. The van der Waals surface area contributed by atoms with Gasteiger partial charge in [-0.25, -0.2) is 4.39 Å². The van der Waals surface area contributed by atoms with Crippen LogP contribution in [-0.2, 0) is 9.47 Å². The summed E-state index contributed by atoms with van der Waals surface area (Å²) >= 11 is 5.11. The molecule has 0 aromatic rings. The second-order valence-electron chi connectivity index (χ2n) is 1.93. The lowest BCUT2D eigenvalue weighted by atomic mass is 10.3. The van der Waals surface area contributed by atoms with Crippen LogP contribution in [0.4, 0.5) is 4.39 Å². The van der Waals surface area contributed by atoms with E-state index >= 15 is 0 Å². The lowest BCUT2D eigenvalue weighted by Gasteiger charge is -2.20. The zero-order valence-corrected chi connectivity index (χ0v) is 6.10. The summed E-state index contributed by atoms with van der Waals surface area (Å²) in [5.74, 6) is -0.471. The first kappa shape index (κ1) is 7.98. The first-order chi connectivity index (χ1) is 4.84. The topological polar surface area (TPSA) is 18.5 Å². The van der Waals surface area contributed by atoms with Crippen LogP contribution in [0.1, 0.15) is 0 Å². The second-order valence-corrected chi connectivity index (χ2v) is 2.15. The van der Waals surface area contributed by atoms with Crippen molar-refractivity contribution in [1.82, 2.24) is 0 Å². The highest BCUT2D eigenvalue weighted by Gasteiger charge is 2.18. The van der Waals surface area contributed by atoms with Crippen molar-refractivity contribution in [2.45, 2.75) is 6.10 Å². The van der Waals surface area contributed by atoms with Crippen LogP contribution in [0.5, 0.6) is 0 Å². The third-order valence-corrected chi connectivity index (χ3v) is 1.44. The molecule has 0 saturated carbocycles. The average molecular weight is 167 g/mol. The number of ether oxygens (including phenoxy) is 2. The van der Waals surface area contributed by atoms with E-state index in [0.717, 1.165) is 5.54 Å². The summed E-state index contributed by atoms with van der Waals surface area (Å²) < 4.78 is 22.5. The fraction of sp³-hybridized carbons (Fsp3) is 0.667. The van der Waals surface area contributed by atoms with Crippen molar-refractivity contribution in [3.8, 4) is 0 Å². The second kappa shape index (κ2) is 3.91. The highest BCUT2D eigenvalue weighted by molar-refractivity contribution is 6.25. The molecule has 1 aliphatic rings. The molecular weight excluding hydrogens is 159 g/mol. The van der Waals surface area contributed by atoms with Crippen LogP contribution in [0.3, 0.4) is 0 Å². The number of halogens is 2. The molecule has 0 spiro atoms. The Kier molecular flexibility index (Phi) is 3.12. The van der Waals surface area contributed by atoms with Gasteiger partial charge in [0, 0.05) is 5.54 Å². The van der Waals surface area contributed by atoms with E-state index < -0.39 is 11.9 Å². The minimum Gasteiger partial charge on any atom is -0.376 e. The van der Waals surface area contributed by atoms with E-state index in [9.17, 15) is 4.39 Å². The summed E-state index contributed by atoms with van der Waals surface area (Å²) in [6.07, 6.45) is -0.591. The molecule has 2 nitrogen and oxygen atoms in total. The van der Waals surface area contributed by atoms with Gasteiger partial charge < -0.3 is 9.47 Å². The standard InChI is InChI=1S/C6H8ClFO2/c7-3-5(8)6-4-9-1-2-10-6/h3,6H,1-2,4H2/b5-3+. The fourth-order valence-corrected chi connectivity index (χ4v) is 0.858. The summed E-state index contributed by atoms with van der Waals surface area (Å²) in [6, 6.07) is 0. The van der Waals surface area contributed by atoms with Gasteiger partial charge in [0.2, 0.25) is 0 Å². The van der Waals surface area contributed by atoms with Gasteiger partial charge in [0.05, 0.1) is 19.8 Å². The molecule has 1 atom stereocenters. The van der Waals surface area contributed by atoms with Crippen molar-refractivity contribution in [2.75, 3.05) is 19.8 Å². The van der Waals surface area contributed by atoms with Crippen molar-refractivity contribution in [1.29, 1.82) is 0 Å². The van der Waals surface area contributed by atoms with Crippen LogP contribution in [0.25, 0.3) is 0 Å². The van der Waals surface area contributed by atoms with Crippen LogP contribution < -0.4 is 0 Å². The maximum atomic E-state index is 12.5. The molecular formula is C6H8ClFO2. The molecule has 1 saturated heterocycles. The summed E-state index contributed by atoms with van der Waals surface area (Å²) in [7, 11) is 0. The normalized spacial score (nSPS) is 28.6. The average Bonchev–Trinajstić information content (AvgIpc) is 2.05. The molecule has 0 radical (unpaired) electrons. The van der Waals surface area contributed by atoms with Gasteiger partial charge in [-0.05, 0) is 0 Å². The van der Waals surface area contributed by atoms with E-state index in [1.54, 1.807) is 0 Å². The van der Waals surface area contributed by atoms with Gasteiger partial charge in [-0.2, -0.15) is 0 Å². The van der Waals surface area contributed by atoms with Crippen LogP contribution in [0.2, 0.25) is 0 Å². The molecule has 0 aliphatic carbocycles. The Labute approximate surface area is 63.6 Å². The molecule has 0 amide bonds. The maximum absolute atomic E-state index is 12.5. The molecule has 58 valence electrons. The molecule has 1 unspecified atom stereocenters. The van der Waals surface area contributed by atoms with Crippen LogP contribution >= 0.6 is 11.6 Å². The molecule has 0 aromatic heterocycles. The van der Waals surface area contributed by atoms with Crippen molar-refractivity contribution >= 4 is 11.6 Å². The van der Waals surface area contributed by atoms with E-state index in [2.05, 4.69) is 0 Å². The molecule has 0 N–H and O–H groups in total. The Morgan fingerprint density at radius 1 is 1.60 bits per heavy atom. The molecule has 10 heavy (non-hydrogen) atoms. The lowest BCUT2D eigenvalue weighted by molar-refractivity contribution is -0.0793. The lowest BCUT2D eigenvalue weighted by Crippen LogP contribution is -2.28. The van der Waals surface area contributed by atoms with E-state index in [0.29, 0.717) is 13.2 Å². The Morgan fingerprint density at radius 3 is 2.90 bits per heavy atom. The van der Waals surface area contributed by atoms with E-state index in [1.165, 1.54) is 0 Å². The van der Waals surface area contributed by atoms with Crippen molar-refractivity contribution in [3.05, 3.63) is 11.4 Å². The monoisotopic (exact) mass is 166 g/mol. The SMILES string of the molecule is F/C(=C/Cl)C1COCCO1.